The first-order valence-electron chi connectivity index (χ1n) is 6.06. The summed E-state index contributed by atoms with van der Waals surface area (Å²) in [6.45, 7) is 0.884. The molecule has 4 heteroatoms. The molecule has 2 bridgehead atoms. The smallest absolute Gasteiger partial charge is 0.109 e. The van der Waals surface area contributed by atoms with Gasteiger partial charge in [0.2, 0.25) is 0 Å². The second kappa shape index (κ2) is 3.39. The van der Waals surface area contributed by atoms with Gasteiger partial charge in [-0.2, -0.15) is 0 Å². The van der Waals surface area contributed by atoms with Crippen LogP contribution in [-0.4, -0.2) is 16.8 Å². The maximum Gasteiger partial charge on any atom is 0.109 e. The summed E-state index contributed by atoms with van der Waals surface area (Å²) in [6.07, 6.45) is 3.88. The molecule has 2 unspecified atom stereocenters. The zero-order chi connectivity index (χ0) is 11.6. The minimum absolute atomic E-state index is 0.633. The Labute approximate surface area is 110 Å². The first kappa shape index (κ1) is 10.2. The molecule has 88 valence electrons. The van der Waals surface area contributed by atoms with Gasteiger partial charge >= 0.3 is 0 Å². The molecule has 1 aromatic carbocycles. The number of rotatable bonds is 0. The Morgan fingerprint density at radius 3 is 3.00 bits per heavy atom. The van der Waals surface area contributed by atoms with Gasteiger partial charge in [-0.1, -0.05) is 23.2 Å². The van der Waals surface area contributed by atoms with E-state index in [1.54, 1.807) is 0 Å². The molecule has 0 N–H and O–H groups in total. The Morgan fingerprint density at radius 1 is 1.24 bits per heavy atom. The molecule has 0 radical (unpaired) electrons. The molecule has 4 rings (SSSR count). The fraction of sp³-hybridized carbons (Fsp3) is 0.462. The molecule has 2 aliphatic heterocycles. The highest BCUT2D eigenvalue weighted by Crippen LogP contribution is 2.46. The minimum atomic E-state index is 0.633. The Bertz CT molecular complexity index is 538. The van der Waals surface area contributed by atoms with Gasteiger partial charge in [0.05, 0.1) is 15.7 Å². The largest absolute Gasteiger partial charge is 0.352 e. The molecule has 1 aromatic rings. The van der Waals surface area contributed by atoms with Crippen molar-refractivity contribution in [3.8, 4) is 0 Å². The highest BCUT2D eigenvalue weighted by atomic mass is 35.5. The third-order valence-electron chi connectivity index (χ3n) is 4.24. The summed E-state index contributed by atoms with van der Waals surface area (Å²) in [5, 5.41) is 1.31. The van der Waals surface area contributed by atoms with Gasteiger partial charge in [-0.3, -0.25) is 0 Å². The topological polar surface area (TPSA) is 15.6 Å². The van der Waals surface area contributed by atoms with Crippen LogP contribution in [-0.2, 0) is 6.54 Å². The molecule has 2 fully saturated rings. The van der Waals surface area contributed by atoms with E-state index in [0.29, 0.717) is 22.0 Å². The van der Waals surface area contributed by atoms with Crippen molar-refractivity contribution in [2.75, 3.05) is 0 Å². The molecule has 1 saturated heterocycles. The minimum Gasteiger partial charge on any atom is -0.352 e. The van der Waals surface area contributed by atoms with Gasteiger partial charge in [-0.25, -0.2) is 4.99 Å². The number of halogens is 2. The zero-order valence-electron chi connectivity index (χ0n) is 9.29. The summed E-state index contributed by atoms with van der Waals surface area (Å²) in [5.41, 5.74) is 2.11. The van der Waals surface area contributed by atoms with Gasteiger partial charge in [0.25, 0.3) is 0 Å². The Balaban J connectivity index is 1.87. The molecule has 1 aliphatic carbocycles. The number of hydrogen-bond acceptors (Lipinski definition) is 2. The maximum atomic E-state index is 6.28. The predicted molar refractivity (Wildman–Crippen MR) is 70.2 cm³/mol. The third kappa shape index (κ3) is 1.31. The van der Waals surface area contributed by atoms with Gasteiger partial charge in [0, 0.05) is 24.1 Å². The molecule has 1 saturated carbocycles. The molecule has 3 aliphatic rings. The number of benzene rings is 1. The Kier molecular flexibility index (Phi) is 2.04. The number of piperidine rings is 1. The molecular formula is C13H12Cl2N2. The molecule has 2 atom stereocenters. The fourth-order valence-electron chi connectivity index (χ4n) is 3.39. The third-order valence-corrected chi connectivity index (χ3v) is 5.08. The molecular weight excluding hydrogens is 255 g/mol. The monoisotopic (exact) mass is 266 g/mol. The number of fused-ring (bicyclic) bond motifs is 6. The van der Waals surface area contributed by atoms with E-state index in [1.165, 1.54) is 25.1 Å². The lowest BCUT2D eigenvalue weighted by Gasteiger charge is -2.34. The predicted octanol–water partition coefficient (Wildman–Crippen LogP) is 4.02. The second-order valence-corrected chi connectivity index (χ2v) is 5.91. The van der Waals surface area contributed by atoms with E-state index in [9.17, 15) is 0 Å². The van der Waals surface area contributed by atoms with Gasteiger partial charge in [0.1, 0.15) is 5.84 Å². The van der Waals surface area contributed by atoms with Gasteiger partial charge in [0.15, 0.2) is 0 Å². The summed E-state index contributed by atoms with van der Waals surface area (Å²) < 4.78 is 0. The molecule has 2 heterocycles. The van der Waals surface area contributed by atoms with Crippen LogP contribution in [0.15, 0.2) is 17.1 Å². The van der Waals surface area contributed by atoms with E-state index in [2.05, 4.69) is 4.90 Å². The zero-order valence-corrected chi connectivity index (χ0v) is 10.8. The second-order valence-electron chi connectivity index (χ2n) is 5.12. The van der Waals surface area contributed by atoms with E-state index in [4.69, 9.17) is 28.2 Å². The summed E-state index contributed by atoms with van der Waals surface area (Å²) in [6, 6.07) is 4.51. The standard InChI is InChI=1S/C13H12Cl2N2/c14-10-3-4-11-9(12(10)15)6-17-8-2-1-7(5-8)13(17)16-11/h3-4,7-8H,1-2,5-6H2. The van der Waals surface area contributed by atoms with Gasteiger partial charge < -0.3 is 4.90 Å². The van der Waals surface area contributed by atoms with Gasteiger partial charge in [-0.15, -0.1) is 0 Å². The molecule has 0 amide bonds. The van der Waals surface area contributed by atoms with Crippen molar-refractivity contribution in [1.82, 2.24) is 4.90 Å². The van der Waals surface area contributed by atoms with Crippen molar-refractivity contribution in [3.63, 3.8) is 0 Å². The Hall–Kier alpha value is -0.730. The van der Waals surface area contributed by atoms with Crippen molar-refractivity contribution < 1.29 is 0 Å². The van der Waals surface area contributed by atoms with Crippen LogP contribution in [0.3, 0.4) is 0 Å². The number of nitrogens with zero attached hydrogens (tertiary/aromatic N) is 2. The van der Waals surface area contributed by atoms with Crippen LogP contribution in [0.1, 0.15) is 24.8 Å². The molecule has 17 heavy (non-hydrogen) atoms. The summed E-state index contributed by atoms with van der Waals surface area (Å²) in [7, 11) is 0. The molecule has 0 spiro atoms. The number of hydrogen-bond donors (Lipinski definition) is 0. The Morgan fingerprint density at radius 2 is 2.12 bits per heavy atom. The van der Waals surface area contributed by atoms with Gasteiger partial charge in [-0.05, 0) is 31.4 Å². The quantitative estimate of drug-likeness (QED) is 0.693. The van der Waals surface area contributed by atoms with Crippen molar-refractivity contribution >= 4 is 34.7 Å². The van der Waals surface area contributed by atoms with E-state index in [-0.39, 0.29) is 0 Å². The van der Waals surface area contributed by atoms with Crippen molar-refractivity contribution in [3.05, 3.63) is 27.7 Å². The van der Waals surface area contributed by atoms with Crippen molar-refractivity contribution in [2.24, 2.45) is 10.9 Å². The van der Waals surface area contributed by atoms with Crippen LogP contribution >= 0.6 is 23.2 Å². The maximum absolute atomic E-state index is 6.28. The van der Waals surface area contributed by atoms with E-state index < -0.39 is 0 Å². The highest BCUT2D eigenvalue weighted by molar-refractivity contribution is 6.42. The summed E-state index contributed by atoms with van der Waals surface area (Å²) in [4.78, 5) is 7.22. The highest BCUT2D eigenvalue weighted by Gasteiger charge is 2.44. The van der Waals surface area contributed by atoms with E-state index in [1.807, 2.05) is 12.1 Å². The van der Waals surface area contributed by atoms with E-state index >= 15 is 0 Å². The first-order valence-corrected chi connectivity index (χ1v) is 6.82. The van der Waals surface area contributed by atoms with E-state index in [0.717, 1.165) is 17.8 Å². The number of aliphatic imine (C=N–C) groups is 1. The van der Waals surface area contributed by atoms with Crippen molar-refractivity contribution in [1.29, 1.82) is 0 Å². The fourth-order valence-corrected chi connectivity index (χ4v) is 3.79. The van der Waals surface area contributed by atoms with Crippen LogP contribution in [0.25, 0.3) is 0 Å². The molecule has 0 aromatic heterocycles. The lowest BCUT2D eigenvalue weighted by Crippen LogP contribution is -2.38. The average Bonchev–Trinajstić information content (AvgIpc) is 2.94. The van der Waals surface area contributed by atoms with Crippen LogP contribution in [0.4, 0.5) is 5.69 Å². The van der Waals surface area contributed by atoms with Crippen LogP contribution in [0.5, 0.6) is 0 Å². The normalized spacial score (nSPS) is 29.1. The summed E-state index contributed by atoms with van der Waals surface area (Å²) >= 11 is 12.3. The number of amidine groups is 1. The average molecular weight is 267 g/mol. The first-order chi connectivity index (χ1) is 8.24. The van der Waals surface area contributed by atoms with Crippen LogP contribution < -0.4 is 0 Å². The molecule has 2 nitrogen and oxygen atoms in total. The van der Waals surface area contributed by atoms with Crippen LogP contribution in [0, 0.1) is 5.92 Å². The summed E-state index contributed by atoms with van der Waals surface area (Å²) in [5.74, 6) is 1.97. The lowest BCUT2D eigenvalue weighted by atomic mass is 10.0. The van der Waals surface area contributed by atoms with Crippen LogP contribution in [0.2, 0.25) is 10.0 Å². The SMILES string of the molecule is Clc1ccc2c(c1Cl)CN1C(=N2)C2CCC1C2. The van der Waals surface area contributed by atoms with Crippen molar-refractivity contribution in [2.45, 2.75) is 31.8 Å². The lowest BCUT2D eigenvalue weighted by molar-refractivity contribution is 0.317.